The number of benzene rings is 1. The molecule has 0 heterocycles. The van der Waals surface area contributed by atoms with Gasteiger partial charge in [0.15, 0.2) is 9.84 Å². The SMILES string of the molecule is C=CCNC(=O)CS(=O)(=O)CC(=O)Nc1ccc(C)cc1. The second kappa shape index (κ2) is 7.58. The minimum atomic E-state index is -3.80. The van der Waals surface area contributed by atoms with Crippen LogP contribution in [-0.4, -0.2) is 38.3 Å². The molecule has 0 saturated heterocycles. The van der Waals surface area contributed by atoms with E-state index in [1.807, 2.05) is 6.92 Å². The number of carbonyl (C=O) groups is 2. The molecule has 0 aliphatic carbocycles. The molecule has 7 heteroatoms. The van der Waals surface area contributed by atoms with Crippen molar-refractivity contribution in [3.8, 4) is 0 Å². The molecular weight excluding hydrogens is 292 g/mol. The van der Waals surface area contributed by atoms with E-state index in [1.165, 1.54) is 6.08 Å². The van der Waals surface area contributed by atoms with Gasteiger partial charge in [0.25, 0.3) is 0 Å². The molecule has 0 aliphatic rings. The van der Waals surface area contributed by atoms with Crippen molar-refractivity contribution in [2.75, 3.05) is 23.4 Å². The van der Waals surface area contributed by atoms with Crippen molar-refractivity contribution in [2.24, 2.45) is 0 Å². The molecule has 0 bridgehead atoms. The first-order chi connectivity index (χ1) is 9.82. The number of sulfone groups is 1. The van der Waals surface area contributed by atoms with Gasteiger partial charge in [0.05, 0.1) is 0 Å². The second-order valence-corrected chi connectivity index (χ2v) is 6.60. The number of rotatable bonds is 7. The van der Waals surface area contributed by atoms with E-state index < -0.39 is 33.2 Å². The van der Waals surface area contributed by atoms with Gasteiger partial charge in [0.1, 0.15) is 11.5 Å². The smallest absolute Gasteiger partial charge is 0.239 e. The maximum atomic E-state index is 11.7. The Morgan fingerprint density at radius 2 is 1.71 bits per heavy atom. The fourth-order valence-corrected chi connectivity index (χ4v) is 2.60. The van der Waals surface area contributed by atoms with Crippen LogP contribution in [0.1, 0.15) is 5.56 Å². The highest BCUT2D eigenvalue weighted by molar-refractivity contribution is 7.92. The number of amides is 2. The molecule has 0 fully saturated rings. The van der Waals surface area contributed by atoms with Gasteiger partial charge in [-0.15, -0.1) is 6.58 Å². The molecule has 6 nitrogen and oxygen atoms in total. The number of anilines is 1. The van der Waals surface area contributed by atoms with E-state index in [0.29, 0.717) is 5.69 Å². The first-order valence-electron chi connectivity index (χ1n) is 6.27. The van der Waals surface area contributed by atoms with Gasteiger partial charge < -0.3 is 10.6 Å². The second-order valence-electron chi connectivity index (χ2n) is 4.54. The van der Waals surface area contributed by atoms with E-state index in [-0.39, 0.29) is 6.54 Å². The summed E-state index contributed by atoms with van der Waals surface area (Å²) >= 11 is 0. The number of aryl methyl sites for hydroxylation is 1. The number of nitrogens with one attached hydrogen (secondary N) is 2. The Bertz CT molecular complexity index is 621. The standard InChI is InChI=1S/C14H18N2O4S/c1-3-8-15-13(17)9-21(19,20)10-14(18)16-12-6-4-11(2)5-7-12/h3-7H,1,8-10H2,2H3,(H,15,17)(H,16,18). The lowest BCUT2D eigenvalue weighted by Crippen LogP contribution is -2.34. The van der Waals surface area contributed by atoms with Crippen LogP contribution in [0.5, 0.6) is 0 Å². The first-order valence-corrected chi connectivity index (χ1v) is 8.09. The lowest BCUT2D eigenvalue weighted by atomic mass is 10.2. The number of hydrogen-bond acceptors (Lipinski definition) is 4. The molecule has 0 aromatic heterocycles. The summed E-state index contributed by atoms with van der Waals surface area (Å²) in [6.07, 6.45) is 1.44. The van der Waals surface area contributed by atoms with Crippen molar-refractivity contribution in [3.05, 3.63) is 42.5 Å². The van der Waals surface area contributed by atoms with Crippen LogP contribution in [0.4, 0.5) is 5.69 Å². The van der Waals surface area contributed by atoms with Gasteiger partial charge in [-0.05, 0) is 19.1 Å². The molecule has 0 radical (unpaired) electrons. The molecule has 2 N–H and O–H groups in total. The van der Waals surface area contributed by atoms with Gasteiger partial charge >= 0.3 is 0 Å². The number of hydrogen-bond donors (Lipinski definition) is 2. The van der Waals surface area contributed by atoms with Crippen molar-refractivity contribution in [3.63, 3.8) is 0 Å². The molecule has 0 atom stereocenters. The van der Waals surface area contributed by atoms with Crippen LogP contribution >= 0.6 is 0 Å². The summed E-state index contributed by atoms with van der Waals surface area (Å²) in [5.74, 6) is -2.78. The van der Waals surface area contributed by atoms with E-state index in [9.17, 15) is 18.0 Å². The topological polar surface area (TPSA) is 92.3 Å². The minimum absolute atomic E-state index is 0.184. The average Bonchev–Trinajstić information content (AvgIpc) is 2.37. The Morgan fingerprint density at radius 3 is 2.29 bits per heavy atom. The predicted octanol–water partition coefficient (Wildman–Crippen LogP) is 0.651. The minimum Gasteiger partial charge on any atom is -0.352 e. The molecule has 0 aliphatic heterocycles. The fourth-order valence-electron chi connectivity index (χ4n) is 1.52. The summed E-state index contributed by atoms with van der Waals surface area (Å²) in [4.78, 5) is 23.0. The summed E-state index contributed by atoms with van der Waals surface area (Å²) in [7, 11) is -3.80. The normalized spacial score (nSPS) is 10.7. The molecule has 1 rings (SSSR count). The summed E-state index contributed by atoms with van der Waals surface area (Å²) < 4.78 is 23.4. The van der Waals surface area contributed by atoms with Crippen molar-refractivity contribution >= 4 is 27.3 Å². The van der Waals surface area contributed by atoms with Gasteiger partial charge in [-0.1, -0.05) is 23.8 Å². The molecule has 0 saturated carbocycles. The first kappa shape index (κ1) is 16.9. The maximum Gasteiger partial charge on any atom is 0.239 e. The van der Waals surface area contributed by atoms with E-state index in [2.05, 4.69) is 17.2 Å². The Balaban J connectivity index is 2.54. The van der Waals surface area contributed by atoms with Crippen LogP contribution < -0.4 is 10.6 Å². The van der Waals surface area contributed by atoms with E-state index in [1.54, 1.807) is 24.3 Å². The van der Waals surface area contributed by atoms with Crippen molar-refractivity contribution in [1.82, 2.24) is 5.32 Å². The van der Waals surface area contributed by atoms with Crippen molar-refractivity contribution in [2.45, 2.75) is 6.92 Å². The molecule has 1 aromatic carbocycles. The summed E-state index contributed by atoms with van der Waals surface area (Å²) in [5.41, 5.74) is 1.54. The Morgan fingerprint density at radius 1 is 1.14 bits per heavy atom. The third-order valence-electron chi connectivity index (χ3n) is 2.48. The lowest BCUT2D eigenvalue weighted by Gasteiger charge is -2.07. The monoisotopic (exact) mass is 310 g/mol. The average molecular weight is 310 g/mol. The van der Waals surface area contributed by atoms with E-state index in [4.69, 9.17) is 0 Å². The molecule has 0 unspecified atom stereocenters. The largest absolute Gasteiger partial charge is 0.352 e. The summed E-state index contributed by atoms with van der Waals surface area (Å²) in [6, 6.07) is 6.95. The summed E-state index contributed by atoms with van der Waals surface area (Å²) in [5, 5.41) is 4.83. The molecule has 1 aromatic rings. The molecule has 0 spiro atoms. The molecule has 2 amide bonds. The van der Waals surface area contributed by atoms with Crippen LogP contribution in [0.2, 0.25) is 0 Å². The zero-order valence-corrected chi connectivity index (χ0v) is 12.6. The van der Waals surface area contributed by atoms with Crippen LogP contribution in [0.15, 0.2) is 36.9 Å². The summed E-state index contributed by atoms with van der Waals surface area (Å²) in [6.45, 7) is 5.49. The zero-order valence-electron chi connectivity index (χ0n) is 11.8. The highest BCUT2D eigenvalue weighted by Crippen LogP contribution is 2.08. The zero-order chi connectivity index (χ0) is 15.9. The third-order valence-corrected chi connectivity index (χ3v) is 3.88. The van der Waals surface area contributed by atoms with Crippen LogP contribution in [0.25, 0.3) is 0 Å². The number of carbonyl (C=O) groups excluding carboxylic acids is 2. The Hall–Kier alpha value is -2.15. The van der Waals surface area contributed by atoms with Gasteiger partial charge in [0, 0.05) is 12.2 Å². The highest BCUT2D eigenvalue weighted by Gasteiger charge is 2.20. The molecule has 21 heavy (non-hydrogen) atoms. The lowest BCUT2D eigenvalue weighted by molar-refractivity contribution is -0.118. The quantitative estimate of drug-likeness (QED) is 0.723. The van der Waals surface area contributed by atoms with E-state index >= 15 is 0 Å². The van der Waals surface area contributed by atoms with Gasteiger partial charge in [-0.25, -0.2) is 8.42 Å². The predicted molar refractivity (Wildman–Crippen MR) is 81.7 cm³/mol. The van der Waals surface area contributed by atoms with Crippen LogP contribution in [-0.2, 0) is 19.4 Å². The van der Waals surface area contributed by atoms with Crippen molar-refractivity contribution < 1.29 is 18.0 Å². The Labute approximate surface area is 124 Å². The Kier molecular flexibility index (Phi) is 6.10. The highest BCUT2D eigenvalue weighted by atomic mass is 32.2. The van der Waals surface area contributed by atoms with Crippen molar-refractivity contribution in [1.29, 1.82) is 0 Å². The van der Waals surface area contributed by atoms with E-state index in [0.717, 1.165) is 5.56 Å². The van der Waals surface area contributed by atoms with Gasteiger partial charge in [0.2, 0.25) is 11.8 Å². The van der Waals surface area contributed by atoms with Crippen LogP contribution in [0, 0.1) is 6.92 Å². The maximum absolute atomic E-state index is 11.7. The van der Waals surface area contributed by atoms with Gasteiger partial charge in [-0.3, -0.25) is 9.59 Å². The van der Waals surface area contributed by atoms with Gasteiger partial charge in [-0.2, -0.15) is 0 Å². The molecule has 114 valence electrons. The third kappa shape index (κ3) is 6.71. The van der Waals surface area contributed by atoms with Crippen LogP contribution in [0.3, 0.4) is 0 Å². The fraction of sp³-hybridized carbons (Fsp3) is 0.286. The molecular formula is C14H18N2O4S.